The lowest BCUT2D eigenvalue weighted by molar-refractivity contribution is 0.462. The van der Waals surface area contributed by atoms with Crippen LogP contribution in [0.5, 0.6) is 11.6 Å². The van der Waals surface area contributed by atoms with Crippen molar-refractivity contribution in [2.24, 2.45) is 0 Å². The van der Waals surface area contributed by atoms with E-state index in [1.54, 1.807) is 12.1 Å². The number of aryl methyl sites for hydroxylation is 2. The predicted octanol–water partition coefficient (Wildman–Crippen LogP) is 3.07. The van der Waals surface area contributed by atoms with E-state index in [2.05, 4.69) is 4.98 Å². The van der Waals surface area contributed by atoms with Crippen LogP contribution in [0.25, 0.3) is 0 Å². The highest BCUT2D eigenvalue weighted by Gasteiger charge is 2.00. The second-order valence-corrected chi connectivity index (χ2v) is 3.74. The van der Waals surface area contributed by atoms with Crippen LogP contribution >= 0.6 is 0 Å². The quantitative estimate of drug-likeness (QED) is 0.835. The van der Waals surface area contributed by atoms with Crippen LogP contribution in [0.15, 0.2) is 36.4 Å². The summed E-state index contributed by atoms with van der Waals surface area (Å²) in [5, 5.41) is 0. The number of hydrogen-bond donors (Lipinski definition) is 1. The van der Waals surface area contributed by atoms with Crippen LogP contribution in [0.3, 0.4) is 0 Å². The van der Waals surface area contributed by atoms with Crippen molar-refractivity contribution in [3.8, 4) is 11.6 Å². The molecule has 0 aliphatic rings. The van der Waals surface area contributed by atoms with Crippen LogP contribution in [0.2, 0.25) is 0 Å². The molecular formula is C13H14N2O. The van der Waals surface area contributed by atoms with E-state index in [1.807, 2.05) is 38.1 Å². The second-order valence-electron chi connectivity index (χ2n) is 3.74. The van der Waals surface area contributed by atoms with Crippen molar-refractivity contribution in [1.82, 2.24) is 4.98 Å². The summed E-state index contributed by atoms with van der Waals surface area (Å²) in [4.78, 5) is 4.24. The molecule has 0 saturated heterocycles. The SMILES string of the molecule is Cc1ccc(Oc2ccc(N)c(C)n2)cc1. The largest absolute Gasteiger partial charge is 0.439 e. The number of nitrogens with zero attached hydrogens (tertiary/aromatic N) is 1. The first kappa shape index (κ1) is 10.5. The van der Waals surface area contributed by atoms with Crippen LogP contribution in [-0.2, 0) is 0 Å². The minimum Gasteiger partial charge on any atom is -0.439 e. The Morgan fingerprint density at radius 3 is 2.31 bits per heavy atom. The van der Waals surface area contributed by atoms with Gasteiger partial charge in [-0.3, -0.25) is 0 Å². The van der Waals surface area contributed by atoms with Crippen LogP contribution in [0, 0.1) is 13.8 Å². The molecule has 0 spiro atoms. The number of nitrogen functional groups attached to an aromatic ring is 1. The van der Waals surface area contributed by atoms with Crippen molar-refractivity contribution in [3.63, 3.8) is 0 Å². The fourth-order valence-corrected chi connectivity index (χ4v) is 1.33. The summed E-state index contributed by atoms with van der Waals surface area (Å²) in [5.74, 6) is 1.35. The van der Waals surface area contributed by atoms with Crippen molar-refractivity contribution in [1.29, 1.82) is 0 Å². The number of nitrogens with two attached hydrogens (primary N) is 1. The number of pyridine rings is 1. The Balaban J connectivity index is 2.20. The highest BCUT2D eigenvalue weighted by Crippen LogP contribution is 2.21. The molecule has 2 rings (SSSR count). The monoisotopic (exact) mass is 214 g/mol. The van der Waals surface area contributed by atoms with Gasteiger partial charge in [0.25, 0.3) is 0 Å². The maximum Gasteiger partial charge on any atom is 0.219 e. The third-order valence-electron chi connectivity index (χ3n) is 2.34. The first-order valence-corrected chi connectivity index (χ1v) is 5.13. The molecule has 0 unspecified atom stereocenters. The van der Waals surface area contributed by atoms with Crippen molar-refractivity contribution in [3.05, 3.63) is 47.7 Å². The number of benzene rings is 1. The van der Waals surface area contributed by atoms with E-state index >= 15 is 0 Å². The molecule has 0 atom stereocenters. The summed E-state index contributed by atoms with van der Waals surface area (Å²) in [6.07, 6.45) is 0. The summed E-state index contributed by atoms with van der Waals surface area (Å²) in [5.41, 5.74) is 8.35. The smallest absolute Gasteiger partial charge is 0.219 e. The van der Waals surface area contributed by atoms with Crippen molar-refractivity contribution in [2.75, 3.05) is 5.73 Å². The van der Waals surface area contributed by atoms with Crippen molar-refractivity contribution >= 4 is 5.69 Å². The third kappa shape index (κ3) is 2.31. The fourth-order valence-electron chi connectivity index (χ4n) is 1.33. The molecule has 0 aliphatic heterocycles. The molecule has 1 aromatic heterocycles. The first-order valence-electron chi connectivity index (χ1n) is 5.13. The highest BCUT2D eigenvalue weighted by atomic mass is 16.5. The Morgan fingerprint density at radius 2 is 1.69 bits per heavy atom. The molecule has 0 saturated carbocycles. The molecular weight excluding hydrogens is 200 g/mol. The van der Waals surface area contributed by atoms with Crippen molar-refractivity contribution in [2.45, 2.75) is 13.8 Å². The normalized spacial score (nSPS) is 10.1. The van der Waals surface area contributed by atoms with Crippen LogP contribution < -0.4 is 10.5 Å². The average Bonchev–Trinajstić information content (AvgIpc) is 2.27. The van der Waals surface area contributed by atoms with Gasteiger partial charge in [-0.25, -0.2) is 4.98 Å². The highest BCUT2D eigenvalue weighted by molar-refractivity contribution is 5.44. The molecule has 82 valence electrons. The Kier molecular flexibility index (Phi) is 2.77. The van der Waals surface area contributed by atoms with E-state index in [1.165, 1.54) is 5.56 Å². The molecule has 1 heterocycles. The van der Waals surface area contributed by atoms with Gasteiger partial charge in [-0.1, -0.05) is 17.7 Å². The van der Waals surface area contributed by atoms with Gasteiger partial charge in [-0.05, 0) is 32.0 Å². The van der Waals surface area contributed by atoms with E-state index in [9.17, 15) is 0 Å². The molecule has 2 aromatic rings. The molecule has 0 amide bonds. The summed E-state index contributed by atoms with van der Waals surface area (Å²) in [6.45, 7) is 3.90. The molecule has 3 heteroatoms. The van der Waals surface area contributed by atoms with Gasteiger partial charge in [0.05, 0.1) is 11.4 Å². The van der Waals surface area contributed by atoms with Gasteiger partial charge >= 0.3 is 0 Å². The van der Waals surface area contributed by atoms with E-state index in [4.69, 9.17) is 10.5 Å². The molecule has 16 heavy (non-hydrogen) atoms. The van der Waals surface area contributed by atoms with E-state index < -0.39 is 0 Å². The third-order valence-corrected chi connectivity index (χ3v) is 2.34. The molecule has 0 radical (unpaired) electrons. The predicted molar refractivity (Wildman–Crippen MR) is 64.6 cm³/mol. The maximum absolute atomic E-state index is 5.68. The molecule has 1 aromatic carbocycles. The van der Waals surface area contributed by atoms with Gasteiger partial charge in [0.1, 0.15) is 5.75 Å². The zero-order valence-corrected chi connectivity index (χ0v) is 9.40. The van der Waals surface area contributed by atoms with Gasteiger partial charge in [-0.2, -0.15) is 0 Å². The standard InChI is InChI=1S/C13H14N2O/c1-9-3-5-11(6-4-9)16-13-8-7-12(14)10(2)15-13/h3-8H,14H2,1-2H3. The topological polar surface area (TPSA) is 48.1 Å². The van der Waals surface area contributed by atoms with E-state index in [-0.39, 0.29) is 0 Å². The molecule has 0 aliphatic carbocycles. The zero-order chi connectivity index (χ0) is 11.5. The second kappa shape index (κ2) is 4.23. The molecule has 0 bridgehead atoms. The Bertz CT molecular complexity index is 492. The number of rotatable bonds is 2. The lowest BCUT2D eigenvalue weighted by Crippen LogP contribution is -1.95. The van der Waals surface area contributed by atoms with Gasteiger partial charge in [0, 0.05) is 6.07 Å². The lowest BCUT2D eigenvalue weighted by Gasteiger charge is -2.06. The molecule has 0 fully saturated rings. The zero-order valence-electron chi connectivity index (χ0n) is 9.40. The average molecular weight is 214 g/mol. The van der Waals surface area contributed by atoms with Crippen LogP contribution in [-0.4, -0.2) is 4.98 Å². The summed E-state index contributed by atoms with van der Waals surface area (Å²) in [7, 11) is 0. The number of anilines is 1. The van der Waals surface area contributed by atoms with E-state index in [0.29, 0.717) is 11.6 Å². The van der Waals surface area contributed by atoms with Gasteiger partial charge in [0.2, 0.25) is 5.88 Å². The first-order chi connectivity index (χ1) is 7.65. The number of hydrogen-bond acceptors (Lipinski definition) is 3. The van der Waals surface area contributed by atoms with Crippen LogP contribution in [0.1, 0.15) is 11.3 Å². The number of aromatic nitrogens is 1. The van der Waals surface area contributed by atoms with Crippen molar-refractivity contribution < 1.29 is 4.74 Å². The number of ether oxygens (including phenoxy) is 1. The van der Waals surface area contributed by atoms with Gasteiger partial charge in [-0.15, -0.1) is 0 Å². The van der Waals surface area contributed by atoms with Crippen LogP contribution in [0.4, 0.5) is 5.69 Å². The Labute approximate surface area is 94.9 Å². The minimum atomic E-state index is 0.565. The molecule has 3 nitrogen and oxygen atoms in total. The summed E-state index contributed by atoms with van der Waals surface area (Å²) in [6, 6.07) is 11.4. The van der Waals surface area contributed by atoms with Gasteiger partial charge < -0.3 is 10.5 Å². The molecule has 2 N–H and O–H groups in total. The summed E-state index contributed by atoms with van der Waals surface area (Å²) >= 11 is 0. The van der Waals surface area contributed by atoms with Gasteiger partial charge in [0.15, 0.2) is 0 Å². The Hall–Kier alpha value is -2.03. The van der Waals surface area contributed by atoms with E-state index in [0.717, 1.165) is 11.4 Å². The Morgan fingerprint density at radius 1 is 1.00 bits per heavy atom. The fraction of sp³-hybridized carbons (Fsp3) is 0.154. The lowest BCUT2D eigenvalue weighted by atomic mass is 10.2. The summed E-state index contributed by atoms with van der Waals surface area (Å²) < 4.78 is 5.60. The minimum absolute atomic E-state index is 0.565. The maximum atomic E-state index is 5.68.